The third kappa shape index (κ3) is 2.81. The second kappa shape index (κ2) is 5.57. The summed E-state index contributed by atoms with van der Waals surface area (Å²) in [5.41, 5.74) is 7.36. The van der Waals surface area contributed by atoms with Gasteiger partial charge in [0.2, 0.25) is 0 Å². The summed E-state index contributed by atoms with van der Waals surface area (Å²) in [7, 11) is 0. The Hall–Kier alpha value is -0.970. The number of nitrogens with zero attached hydrogens (tertiary/aromatic N) is 2. The van der Waals surface area contributed by atoms with E-state index in [0.29, 0.717) is 5.56 Å². The summed E-state index contributed by atoms with van der Waals surface area (Å²) in [5.74, 6) is -0.188. The van der Waals surface area contributed by atoms with Crippen LogP contribution in [0.3, 0.4) is 0 Å². The van der Waals surface area contributed by atoms with Crippen molar-refractivity contribution in [3.8, 4) is 0 Å². The minimum Gasteiger partial charge on any atom is -0.326 e. The molecule has 3 rings (SSSR count). The van der Waals surface area contributed by atoms with Crippen molar-refractivity contribution in [3.05, 3.63) is 35.1 Å². The third-order valence-electron chi connectivity index (χ3n) is 4.41. The molecule has 0 saturated carbocycles. The van der Waals surface area contributed by atoms with Crippen molar-refractivity contribution in [1.82, 2.24) is 9.80 Å². The van der Waals surface area contributed by atoms with Gasteiger partial charge in [-0.1, -0.05) is 12.1 Å². The summed E-state index contributed by atoms with van der Waals surface area (Å²) < 4.78 is 13.4. The van der Waals surface area contributed by atoms with Gasteiger partial charge in [-0.25, -0.2) is 4.39 Å². The lowest BCUT2D eigenvalue weighted by Crippen LogP contribution is -2.49. The number of piperazine rings is 1. The van der Waals surface area contributed by atoms with Crippen LogP contribution in [0.15, 0.2) is 18.2 Å². The maximum absolute atomic E-state index is 13.4. The zero-order chi connectivity index (χ0) is 13.2. The van der Waals surface area contributed by atoms with Gasteiger partial charge in [0.25, 0.3) is 0 Å². The topological polar surface area (TPSA) is 32.5 Å². The van der Waals surface area contributed by atoms with Gasteiger partial charge in [0, 0.05) is 44.3 Å². The molecule has 2 fully saturated rings. The summed E-state index contributed by atoms with van der Waals surface area (Å²) in [6.45, 7) is 5.90. The van der Waals surface area contributed by atoms with E-state index in [0.717, 1.165) is 25.7 Å². The van der Waals surface area contributed by atoms with Crippen molar-refractivity contribution < 1.29 is 4.39 Å². The van der Waals surface area contributed by atoms with Gasteiger partial charge in [-0.05, 0) is 31.0 Å². The molecule has 2 N–H and O–H groups in total. The molecule has 0 spiro atoms. The van der Waals surface area contributed by atoms with Crippen molar-refractivity contribution in [2.45, 2.75) is 32.0 Å². The zero-order valence-corrected chi connectivity index (χ0v) is 11.3. The van der Waals surface area contributed by atoms with E-state index >= 15 is 0 Å². The maximum atomic E-state index is 13.4. The molecule has 0 amide bonds. The molecule has 1 aromatic rings. The molecule has 2 heterocycles. The Bertz CT molecular complexity index is 449. The Balaban J connectivity index is 1.65. The highest BCUT2D eigenvalue weighted by atomic mass is 19.1. The molecule has 2 aliphatic heterocycles. The fourth-order valence-corrected chi connectivity index (χ4v) is 3.34. The zero-order valence-electron chi connectivity index (χ0n) is 11.3. The molecule has 2 saturated heterocycles. The van der Waals surface area contributed by atoms with Gasteiger partial charge in [-0.15, -0.1) is 0 Å². The average molecular weight is 263 g/mol. The van der Waals surface area contributed by atoms with E-state index in [1.807, 2.05) is 12.1 Å². The molecule has 4 heteroatoms. The molecule has 0 aliphatic carbocycles. The van der Waals surface area contributed by atoms with E-state index in [1.165, 1.54) is 31.5 Å². The lowest BCUT2D eigenvalue weighted by molar-refractivity contribution is 0.0993. The smallest absolute Gasteiger partial charge is 0.127 e. The third-order valence-corrected chi connectivity index (χ3v) is 4.41. The van der Waals surface area contributed by atoms with Gasteiger partial charge in [-0.3, -0.25) is 9.80 Å². The standard InChI is InChI=1S/C15H22FN3/c16-15-4-3-12(8-13(15)9-17)10-18-6-7-19-5-1-2-14(19)11-18/h3-4,8,14H,1-2,5-7,9-11,17H2. The van der Waals surface area contributed by atoms with Crippen LogP contribution in [-0.2, 0) is 13.1 Å². The number of hydrogen-bond donors (Lipinski definition) is 1. The lowest BCUT2D eigenvalue weighted by Gasteiger charge is -2.37. The predicted octanol–water partition coefficient (Wildman–Crippen LogP) is 1.56. The fourth-order valence-electron chi connectivity index (χ4n) is 3.34. The number of halogens is 1. The Morgan fingerprint density at radius 3 is 3.00 bits per heavy atom. The number of nitrogens with two attached hydrogens (primary N) is 1. The van der Waals surface area contributed by atoms with E-state index in [1.54, 1.807) is 6.07 Å². The minimum atomic E-state index is -0.188. The number of rotatable bonds is 3. The van der Waals surface area contributed by atoms with Gasteiger partial charge < -0.3 is 5.73 Å². The first-order valence-electron chi connectivity index (χ1n) is 7.20. The fraction of sp³-hybridized carbons (Fsp3) is 0.600. The Morgan fingerprint density at radius 1 is 1.26 bits per heavy atom. The van der Waals surface area contributed by atoms with Crippen molar-refractivity contribution in [2.24, 2.45) is 5.73 Å². The molecule has 1 unspecified atom stereocenters. The summed E-state index contributed by atoms with van der Waals surface area (Å²) in [4.78, 5) is 5.09. The Morgan fingerprint density at radius 2 is 2.16 bits per heavy atom. The van der Waals surface area contributed by atoms with Crippen LogP contribution in [0.1, 0.15) is 24.0 Å². The molecule has 0 bridgehead atoms. The molecule has 19 heavy (non-hydrogen) atoms. The van der Waals surface area contributed by atoms with E-state index < -0.39 is 0 Å². The largest absolute Gasteiger partial charge is 0.326 e. The Labute approximate surface area is 114 Å². The minimum absolute atomic E-state index is 0.188. The summed E-state index contributed by atoms with van der Waals surface area (Å²) in [6.07, 6.45) is 2.67. The number of hydrogen-bond acceptors (Lipinski definition) is 3. The first-order valence-corrected chi connectivity index (χ1v) is 7.20. The van der Waals surface area contributed by atoms with E-state index in [9.17, 15) is 4.39 Å². The highest BCUT2D eigenvalue weighted by Crippen LogP contribution is 2.22. The van der Waals surface area contributed by atoms with Gasteiger partial charge in [0.1, 0.15) is 5.82 Å². The second-order valence-corrected chi connectivity index (χ2v) is 5.70. The first kappa shape index (κ1) is 13.0. The van der Waals surface area contributed by atoms with Crippen molar-refractivity contribution in [1.29, 1.82) is 0 Å². The molecule has 3 nitrogen and oxygen atoms in total. The summed E-state index contributed by atoms with van der Waals surface area (Å²) in [5, 5.41) is 0. The Kier molecular flexibility index (Phi) is 3.82. The number of benzene rings is 1. The van der Waals surface area contributed by atoms with Crippen molar-refractivity contribution in [3.63, 3.8) is 0 Å². The van der Waals surface area contributed by atoms with Crippen LogP contribution < -0.4 is 5.73 Å². The van der Waals surface area contributed by atoms with Gasteiger partial charge in [0.05, 0.1) is 0 Å². The van der Waals surface area contributed by atoms with Crippen LogP contribution in [0.2, 0.25) is 0 Å². The van der Waals surface area contributed by atoms with Crippen LogP contribution in [0.5, 0.6) is 0 Å². The number of fused-ring (bicyclic) bond motifs is 1. The van der Waals surface area contributed by atoms with Gasteiger partial charge in [-0.2, -0.15) is 0 Å². The van der Waals surface area contributed by atoms with Crippen molar-refractivity contribution in [2.75, 3.05) is 26.2 Å². The molecule has 2 aliphatic rings. The maximum Gasteiger partial charge on any atom is 0.127 e. The van der Waals surface area contributed by atoms with Crippen LogP contribution >= 0.6 is 0 Å². The lowest BCUT2D eigenvalue weighted by atomic mass is 10.1. The highest BCUT2D eigenvalue weighted by molar-refractivity contribution is 5.25. The molecule has 1 atom stereocenters. The predicted molar refractivity (Wildman–Crippen MR) is 74.2 cm³/mol. The second-order valence-electron chi connectivity index (χ2n) is 5.70. The van der Waals surface area contributed by atoms with Crippen LogP contribution in [0.4, 0.5) is 4.39 Å². The molecule has 0 radical (unpaired) electrons. The monoisotopic (exact) mass is 263 g/mol. The average Bonchev–Trinajstić information content (AvgIpc) is 2.88. The first-order chi connectivity index (χ1) is 9.26. The SMILES string of the molecule is NCc1cc(CN2CCN3CCCC3C2)ccc1F. The molecule has 104 valence electrons. The van der Waals surface area contributed by atoms with E-state index in [2.05, 4.69) is 9.80 Å². The molecular formula is C15H22FN3. The summed E-state index contributed by atoms with van der Waals surface area (Å²) >= 11 is 0. The highest BCUT2D eigenvalue weighted by Gasteiger charge is 2.30. The summed E-state index contributed by atoms with van der Waals surface area (Å²) in [6, 6.07) is 6.08. The molecular weight excluding hydrogens is 241 g/mol. The normalized spacial score (nSPS) is 24.6. The molecule has 1 aromatic carbocycles. The van der Waals surface area contributed by atoms with Gasteiger partial charge >= 0.3 is 0 Å². The van der Waals surface area contributed by atoms with Gasteiger partial charge in [0.15, 0.2) is 0 Å². The van der Waals surface area contributed by atoms with Crippen LogP contribution in [0.25, 0.3) is 0 Å². The van der Waals surface area contributed by atoms with Crippen LogP contribution in [0, 0.1) is 5.82 Å². The van der Waals surface area contributed by atoms with Crippen LogP contribution in [-0.4, -0.2) is 42.0 Å². The molecule has 0 aromatic heterocycles. The quantitative estimate of drug-likeness (QED) is 0.898. The van der Waals surface area contributed by atoms with E-state index in [-0.39, 0.29) is 12.4 Å². The van der Waals surface area contributed by atoms with E-state index in [4.69, 9.17) is 5.73 Å². The van der Waals surface area contributed by atoms with Crippen molar-refractivity contribution >= 4 is 0 Å².